The van der Waals surface area contributed by atoms with E-state index in [2.05, 4.69) is 47.9 Å². The highest BCUT2D eigenvalue weighted by atomic mass is 16.9. The Labute approximate surface area is 109 Å². The first-order valence-electron chi connectivity index (χ1n) is 6.52. The van der Waals surface area contributed by atoms with E-state index >= 15 is 0 Å². The number of hydrogen-bond donors (Lipinski definition) is 0. The summed E-state index contributed by atoms with van der Waals surface area (Å²) in [5.41, 5.74) is 1.32. The summed E-state index contributed by atoms with van der Waals surface area (Å²) in [5, 5.41) is 1.33. The lowest BCUT2D eigenvalue weighted by atomic mass is 10.3. The molecule has 1 aromatic carbocycles. The predicted molar refractivity (Wildman–Crippen MR) is 73.5 cm³/mol. The van der Waals surface area contributed by atoms with Gasteiger partial charge in [0.15, 0.2) is 0 Å². The van der Waals surface area contributed by atoms with Gasteiger partial charge in [-0.05, 0) is 32.4 Å². The van der Waals surface area contributed by atoms with Gasteiger partial charge in [0.25, 0.3) is 0 Å². The van der Waals surface area contributed by atoms with E-state index in [-0.39, 0.29) is 6.09 Å². The fraction of sp³-hybridized carbons (Fsp3) is 0.500. The first kappa shape index (κ1) is 14.4. The van der Waals surface area contributed by atoms with Crippen LogP contribution in [0.1, 0.15) is 27.2 Å². The minimum Gasteiger partial charge on any atom is -0.372 e. The largest absolute Gasteiger partial charge is 0.468 e. The number of para-hydroxylation sites is 1. The number of carbonyl (C=O) groups is 1. The summed E-state index contributed by atoms with van der Waals surface area (Å²) in [5.74, 6) is 0. The van der Waals surface area contributed by atoms with Crippen LogP contribution in [0.3, 0.4) is 0 Å². The van der Waals surface area contributed by atoms with E-state index in [1.807, 2.05) is 13.0 Å². The Balaban J connectivity index is 0.000000199. The summed E-state index contributed by atoms with van der Waals surface area (Å²) in [6.45, 7) is 9.25. The average molecular weight is 250 g/mol. The van der Waals surface area contributed by atoms with E-state index in [0.717, 1.165) is 26.1 Å². The van der Waals surface area contributed by atoms with Crippen LogP contribution in [0.15, 0.2) is 30.3 Å². The summed E-state index contributed by atoms with van der Waals surface area (Å²) < 4.78 is 0. The lowest BCUT2D eigenvalue weighted by molar-refractivity contribution is 0.200. The Hall–Kier alpha value is -1.71. The molecular weight excluding hydrogens is 228 g/mol. The highest BCUT2D eigenvalue weighted by molar-refractivity contribution is 5.76. The standard InChI is InChI=1S/C10H15N.C4H7NO2/c1-3-11(4-2)10-8-6-5-7-9-10;1-2-3-5-4(6)7-5/h5-9H,3-4H2,1-2H3;2-3H2,1H3. The van der Waals surface area contributed by atoms with Crippen molar-refractivity contribution in [1.29, 1.82) is 0 Å². The number of benzene rings is 1. The molecule has 1 amide bonds. The normalized spacial score (nSPS) is 12.4. The second kappa shape index (κ2) is 7.58. The van der Waals surface area contributed by atoms with E-state index in [4.69, 9.17) is 0 Å². The summed E-state index contributed by atoms with van der Waals surface area (Å²) in [7, 11) is 0. The zero-order valence-corrected chi connectivity index (χ0v) is 11.4. The van der Waals surface area contributed by atoms with Gasteiger partial charge in [-0.15, -0.1) is 5.06 Å². The molecule has 4 nitrogen and oxygen atoms in total. The van der Waals surface area contributed by atoms with Crippen LogP contribution in [0, 0.1) is 0 Å². The molecule has 18 heavy (non-hydrogen) atoms. The lowest BCUT2D eigenvalue weighted by Gasteiger charge is -2.20. The summed E-state index contributed by atoms with van der Waals surface area (Å²) in [6.07, 6.45) is 0.771. The summed E-state index contributed by atoms with van der Waals surface area (Å²) in [6, 6.07) is 10.5. The van der Waals surface area contributed by atoms with Crippen molar-refractivity contribution >= 4 is 11.8 Å². The summed E-state index contributed by atoms with van der Waals surface area (Å²) >= 11 is 0. The molecule has 0 N–H and O–H groups in total. The van der Waals surface area contributed by atoms with E-state index in [1.54, 1.807) is 0 Å². The fourth-order valence-electron chi connectivity index (χ4n) is 1.64. The maximum atomic E-state index is 9.98. The third-order valence-corrected chi connectivity index (χ3v) is 2.67. The van der Waals surface area contributed by atoms with E-state index < -0.39 is 0 Å². The maximum Gasteiger partial charge on any atom is 0.468 e. The molecule has 0 unspecified atom stereocenters. The average Bonchev–Trinajstić information content (AvgIpc) is 3.09. The molecule has 1 aromatic rings. The van der Waals surface area contributed by atoms with Crippen molar-refractivity contribution in [3.8, 4) is 0 Å². The van der Waals surface area contributed by atoms with Crippen LogP contribution in [-0.2, 0) is 4.84 Å². The maximum absolute atomic E-state index is 9.98. The highest BCUT2D eigenvalue weighted by Gasteiger charge is 2.32. The molecule has 0 atom stereocenters. The van der Waals surface area contributed by atoms with E-state index in [9.17, 15) is 4.79 Å². The fourth-order valence-corrected chi connectivity index (χ4v) is 1.64. The molecule has 4 heteroatoms. The number of hydrogen-bond acceptors (Lipinski definition) is 3. The number of rotatable bonds is 5. The molecule has 1 fully saturated rings. The first-order valence-corrected chi connectivity index (χ1v) is 6.52. The van der Waals surface area contributed by atoms with Crippen LogP contribution in [0.2, 0.25) is 0 Å². The molecule has 0 bridgehead atoms. The number of carbonyl (C=O) groups excluding carboxylic acids is 1. The quantitative estimate of drug-likeness (QED) is 0.752. The third kappa shape index (κ3) is 4.65. The number of amides is 1. The Morgan fingerprint density at radius 2 is 1.67 bits per heavy atom. The van der Waals surface area contributed by atoms with Crippen molar-refractivity contribution in [2.24, 2.45) is 0 Å². The highest BCUT2D eigenvalue weighted by Crippen LogP contribution is 2.11. The van der Waals surface area contributed by atoms with Crippen molar-refractivity contribution in [2.75, 3.05) is 24.5 Å². The van der Waals surface area contributed by atoms with Crippen LogP contribution < -0.4 is 4.90 Å². The minimum absolute atomic E-state index is 0.193. The van der Waals surface area contributed by atoms with Gasteiger partial charge in [-0.2, -0.15) is 0 Å². The zero-order valence-electron chi connectivity index (χ0n) is 11.4. The van der Waals surface area contributed by atoms with Crippen molar-refractivity contribution < 1.29 is 9.63 Å². The molecule has 0 saturated carbocycles. The van der Waals surface area contributed by atoms with Gasteiger partial charge in [-0.1, -0.05) is 25.1 Å². The van der Waals surface area contributed by atoms with Crippen molar-refractivity contribution in [3.63, 3.8) is 0 Å². The van der Waals surface area contributed by atoms with E-state index in [0.29, 0.717) is 0 Å². The number of nitrogens with zero attached hydrogens (tertiary/aromatic N) is 2. The lowest BCUT2D eigenvalue weighted by Crippen LogP contribution is -2.21. The Morgan fingerprint density at radius 1 is 1.11 bits per heavy atom. The molecule has 0 spiro atoms. The van der Waals surface area contributed by atoms with Gasteiger partial charge >= 0.3 is 6.09 Å². The molecule has 100 valence electrons. The van der Waals surface area contributed by atoms with Crippen molar-refractivity contribution in [1.82, 2.24) is 5.06 Å². The third-order valence-electron chi connectivity index (χ3n) is 2.67. The summed E-state index contributed by atoms with van der Waals surface area (Å²) in [4.78, 5) is 16.7. The van der Waals surface area contributed by atoms with Gasteiger partial charge in [-0.3, -0.25) is 0 Å². The topological polar surface area (TPSA) is 35.9 Å². The van der Waals surface area contributed by atoms with Crippen LogP contribution in [-0.4, -0.2) is 30.8 Å². The van der Waals surface area contributed by atoms with Crippen LogP contribution in [0.5, 0.6) is 0 Å². The molecule has 0 aliphatic carbocycles. The minimum atomic E-state index is -0.193. The molecule has 0 radical (unpaired) electrons. The predicted octanol–water partition coefficient (Wildman–Crippen LogP) is 3.30. The Morgan fingerprint density at radius 3 is 2.00 bits per heavy atom. The van der Waals surface area contributed by atoms with Gasteiger partial charge < -0.3 is 9.74 Å². The molecule has 1 aliphatic heterocycles. The van der Waals surface area contributed by atoms with Crippen molar-refractivity contribution in [3.05, 3.63) is 30.3 Å². The van der Waals surface area contributed by atoms with Crippen LogP contribution >= 0.6 is 0 Å². The van der Waals surface area contributed by atoms with Gasteiger partial charge in [0.2, 0.25) is 0 Å². The molecule has 1 aliphatic rings. The van der Waals surface area contributed by atoms with Gasteiger partial charge in [0.05, 0.1) is 6.54 Å². The molecule has 2 rings (SSSR count). The van der Waals surface area contributed by atoms with Crippen molar-refractivity contribution in [2.45, 2.75) is 27.2 Å². The molecule has 0 aromatic heterocycles. The first-order chi connectivity index (χ1) is 8.72. The Bertz CT molecular complexity index is 350. The monoisotopic (exact) mass is 250 g/mol. The number of hydroxylamine groups is 2. The molecule has 1 heterocycles. The SMILES string of the molecule is CCCN1OC1=O.CCN(CC)c1ccccc1. The second-order valence-corrected chi connectivity index (χ2v) is 3.97. The van der Waals surface area contributed by atoms with Gasteiger partial charge in [-0.25, -0.2) is 4.79 Å². The molecular formula is C14H22N2O2. The second-order valence-electron chi connectivity index (χ2n) is 3.97. The smallest absolute Gasteiger partial charge is 0.372 e. The molecule has 1 saturated heterocycles. The zero-order chi connectivity index (χ0) is 13.4. The van der Waals surface area contributed by atoms with Crippen LogP contribution in [0.25, 0.3) is 0 Å². The van der Waals surface area contributed by atoms with E-state index in [1.165, 1.54) is 10.8 Å². The van der Waals surface area contributed by atoms with Gasteiger partial charge in [0, 0.05) is 18.8 Å². The Kier molecular flexibility index (Phi) is 6.05. The number of anilines is 1. The van der Waals surface area contributed by atoms with Gasteiger partial charge in [0.1, 0.15) is 0 Å². The van der Waals surface area contributed by atoms with Crippen LogP contribution in [0.4, 0.5) is 10.5 Å².